The highest BCUT2D eigenvalue weighted by Gasteiger charge is 2.38. The highest BCUT2D eigenvalue weighted by Crippen LogP contribution is 2.43. The van der Waals surface area contributed by atoms with Gasteiger partial charge in [0.25, 0.3) is 0 Å². The Hall–Kier alpha value is -1.91. The van der Waals surface area contributed by atoms with Crippen LogP contribution in [0.2, 0.25) is 0 Å². The monoisotopic (exact) mass is 389 g/mol. The van der Waals surface area contributed by atoms with Gasteiger partial charge in [0.2, 0.25) is 0 Å². The first-order valence-electron chi connectivity index (χ1n) is 9.44. The van der Waals surface area contributed by atoms with Crippen LogP contribution < -0.4 is 14.2 Å². The van der Waals surface area contributed by atoms with Crippen LogP contribution in [0.3, 0.4) is 0 Å². The maximum absolute atomic E-state index is 5.96. The zero-order valence-corrected chi connectivity index (χ0v) is 16.8. The molecule has 2 aromatic carbocycles. The second-order valence-electron chi connectivity index (χ2n) is 7.19. The van der Waals surface area contributed by atoms with Gasteiger partial charge in [-0.15, -0.1) is 12.4 Å². The van der Waals surface area contributed by atoms with Crippen LogP contribution in [0.5, 0.6) is 17.2 Å². The van der Waals surface area contributed by atoms with Crippen molar-refractivity contribution in [1.29, 1.82) is 0 Å². The second kappa shape index (κ2) is 8.85. The summed E-state index contributed by atoms with van der Waals surface area (Å²) in [5.74, 6) is 4.05. The van der Waals surface area contributed by atoms with Gasteiger partial charge in [-0.1, -0.05) is 24.3 Å². The summed E-state index contributed by atoms with van der Waals surface area (Å²) in [6.07, 6.45) is 2.38. The molecule has 0 saturated carbocycles. The smallest absolute Gasteiger partial charge is 0.161 e. The van der Waals surface area contributed by atoms with Gasteiger partial charge >= 0.3 is 0 Å². The van der Waals surface area contributed by atoms with Crippen LogP contribution in [0.15, 0.2) is 42.5 Å². The molecule has 0 N–H and O–H groups in total. The summed E-state index contributed by atoms with van der Waals surface area (Å²) in [5, 5.41) is 0. The summed E-state index contributed by atoms with van der Waals surface area (Å²) >= 11 is 0. The fourth-order valence-corrected chi connectivity index (χ4v) is 4.53. The van der Waals surface area contributed by atoms with Gasteiger partial charge in [0.05, 0.1) is 14.2 Å². The first-order chi connectivity index (χ1) is 12.8. The van der Waals surface area contributed by atoms with E-state index in [9.17, 15) is 0 Å². The molecule has 0 amide bonds. The predicted octanol–water partition coefficient (Wildman–Crippen LogP) is 4.17. The standard InChI is InChI=1S/C22H27NO3.ClH/c1-24-20-9-5-6-17-18(20)11-10-16-14-23(15-19(16)17)12-13-26-22-8-4-3-7-21(22)25-2;/h3-9,16,19H,10-15H2,1-2H3;1H. The maximum atomic E-state index is 5.96. The number of hydrogen-bond donors (Lipinski definition) is 0. The van der Waals surface area contributed by atoms with Gasteiger partial charge in [-0.3, -0.25) is 4.90 Å². The van der Waals surface area contributed by atoms with E-state index in [1.807, 2.05) is 24.3 Å². The second-order valence-corrected chi connectivity index (χ2v) is 7.19. The summed E-state index contributed by atoms with van der Waals surface area (Å²) in [4.78, 5) is 2.54. The molecule has 0 aromatic heterocycles. The molecule has 1 heterocycles. The van der Waals surface area contributed by atoms with Crippen LogP contribution in [0.1, 0.15) is 23.5 Å². The first-order valence-corrected chi connectivity index (χ1v) is 9.44. The Morgan fingerprint density at radius 1 is 0.926 bits per heavy atom. The Morgan fingerprint density at radius 2 is 1.67 bits per heavy atom. The molecular weight excluding hydrogens is 362 g/mol. The van der Waals surface area contributed by atoms with E-state index in [2.05, 4.69) is 23.1 Å². The van der Waals surface area contributed by atoms with Gasteiger partial charge in [0.15, 0.2) is 11.5 Å². The molecule has 27 heavy (non-hydrogen) atoms. The number of rotatable bonds is 6. The third kappa shape index (κ3) is 4.02. The SMILES string of the molecule is COc1ccccc1OCCN1CC2CCc3c(OC)cccc3C2C1.Cl. The normalized spacial score (nSPS) is 21.0. The van der Waals surface area contributed by atoms with Crippen LogP contribution in [0.4, 0.5) is 0 Å². The number of likely N-dealkylation sites (tertiary alicyclic amines) is 1. The molecule has 0 radical (unpaired) electrons. The number of ether oxygens (including phenoxy) is 3. The fourth-order valence-electron chi connectivity index (χ4n) is 4.53. The molecule has 2 aliphatic rings. The van der Waals surface area contributed by atoms with E-state index in [4.69, 9.17) is 14.2 Å². The summed E-state index contributed by atoms with van der Waals surface area (Å²) in [6.45, 7) is 3.91. The minimum Gasteiger partial charge on any atom is -0.496 e. The molecule has 1 fully saturated rings. The number of methoxy groups -OCH3 is 2. The lowest BCUT2D eigenvalue weighted by atomic mass is 9.77. The van der Waals surface area contributed by atoms with E-state index >= 15 is 0 Å². The molecule has 1 aliphatic heterocycles. The molecule has 1 aliphatic carbocycles. The molecule has 4 nitrogen and oxygen atoms in total. The average Bonchev–Trinajstić information content (AvgIpc) is 3.11. The number of para-hydroxylation sites is 2. The molecule has 146 valence electrons. The van der Waals surface area contributed by atoms with Crippen molar-refractivity contribution in [1.82, 2.24) is 4.90 Å². The van der Waals surface area contributed by atoms with Crippen molar-refractivity contribution in [3.05, 3.63) is 53.6 Å². The Balaban J connectivity index is 0.00000210. The predicted molar refractivity (Wildman–Crippen MR) is 110 cm³/mol. The molecule has 0 spiro atoms. The fraction of sp³-hybridized carbons (Fsp3) is 0.455. The molecule has 2 atom stereocenters. The van der Waals surface area contributed by atoms with Crippen LogP contribution in [0.25, 0.3) is 0 Å². The van der Waals surface area contributed by atoms with Crippen molar-refractivity contribution in [3.63, 3.8) is 0 Å². The van der Waals surface area contributed by atoms with Crippen molar-refractivity contribution in [2.45, 2.75) is 18.8 Å². The van der Waals surface area contributed by atoms with Gasteiger partial charge in [0.1, 0.15) is 12.4 Å². The Labute approximate surface area is 167 Å². The molecule has 0 bridgehead atoms. The number of hydrogen-bond acceptors (Lipinski definition) is 4. The van der Waals surface area contributed by atoms with Crippen molar-refractivity contribution >= 4 is 12.4 Å². The average molecular weight is 390 g/mol. The van der Waals surface area contributed by atoms with Gasteiger partial charge in [-0.2, -0.15) is 0 Å². The number of benzene rings is 2. The van der Waals surface area contributed by atoms with Crippen LogP contribution in [0, 0.1) is 5.92 Å². The lowest BCUT2D eigenvalue weighted by molar-refractivity contribution is 0.225. The largest absolute Gasteiger partial charge is 0.496 e. The van der Waals surface area contributed by atoms with E-state index in [0.29, 0.717) is 12.5 Å². The third-order valence-electron chi connectivity index (χ3n) is 5.80. The number of fused-ring (bicyclic) bond motifs is 3. The summed E-state index contributed by atoms with van der Waals surface area (Å²) < 4.78 is 16.9. The quantitative estimate of drug-likeness (QED) is 0.742. The highest BCUT2D eigenvalue weighted by atomic mass is 35.5. The Morgan fingerprint density at radius 3 is 2.44 bits per heavy atom. The van der Waals surface area contributed by atoms with Crippen LogP contribution in [-0.4, -0.2) is 45.4 Å². The lowest BCUT2D eigenvalue weighted by Crippen LogP contribution is -2.26. The minimum absolute atomic E-state index is 0. The molecular formula is C22H28ClNO3. The molecule has 4 rings (SSSR count). The van der Waals surface area contributed by atoms with Gasteiger partial charge < -0.3 is 14.2 Å². The Bertz CT molecular complexity index is 767. The number of nitrogens with zero attached hydrogens (tertiary/aromatic N) is 1. The lowest BCUT2D eigenvalue weighted by Gasteiger charge is -2.28. The van der Waals surface area contributed by atoms with E-state index in [-0.39, 0.29) is 12.4 Å². The Kier molecular flexibility index (Phi) is 6.51. The van der Waals surface area contributed by atoms with Crippen molar-refractivity contribution < 1.29 is 14.2 Å². The van der Waals surface area contributed by atoms with Crippen molar-refractivity contribution in [2.24, 2.45) is 5.92 Å². The summed E-state index contributed by atoms with van der Waals surface area (Å²) in [7, 11) is 3.46. The highest BCUT2D eigenvalue weighted by molar-refractivity contribution is 5.85. The zero-order chi connectivity index (χ0) is 17.9. The zero-order valence-electron chi connectivity index (χ0n) is 16.0. The molecule has 1 saturated heterocycles. The van der Waals surface area contributed by atoms with Crippen LogP contribution >= 0.6 is 12.4 Å². The van der Waals surface area contributed by atoms with Crippen molar-refractivity contribution in [2.75, 3.05) is 40.5 Å². The first kappa shape index (κ1) is 19.8. The van der Waals surface area contributed by atoms with E-state index in [1.54, 1.807) is 14.2 Å². The number of halogens is 1. The maximum Gasteiger partial charge on any atom is 0.161 e. The van der Waals surface area contributed by atoms with Gasteiger partial charge in [-0.05, 0) is 48.1 Å². The van der Waals surface area contributed by atoms with Crippen LogP contribution in [-0.2, 0) is 6.42 Å². The molecule has 2 aromatic rings. The van der Waals surface area contributed by atoms with E-state index < -0.39 is 0 Å². The van der Waals surface area contributed by atoms with E-state index in [1.165, 1.54) is 17.5 Å². The third-order valence-corrected chi connectivity index (χ3v) is 5.80. The van der Waals surface area contributed by atoms with Gasteiger partial charge in [0, 0.05) is 25.6 Å². The van der Waals surface area contributed by atoms with Crippen molar-refractivity contribution in [3.8, 4) is 17.2 Å². The minimum atomic E-state index is 0. The van der Waals surface area contributed by atoms with Gasteiger partial charge in [-0.25, -0.2) is 0 Å². The topological polar surface area (TPSA) is 30.9 Å². The van der Waals surface area contributed by atoms with E-state index in [0.717, 1.165) is 49.2 Å². The summed E-state index contributed by atoms with van der Waals surface area (Å²) in [5.41, 5.74) is 2.91. The molecule has 5 heteroatoms. The summed E-state index contributed by atoms with van der Waals surface area (Å²) in [6, 6.07) is 14.4. The molecule has 2 unspecified atom stereocenters.